The Morgan fingerprint density at radius 1 is 0.958 bits per heavy atom. The van der Waals surface area contributed by atoms with Crippen molar-refractivity contribution in [3.8, 4) is 11.5 Å². The Balaban J connectivity index is 1.79. The second kappa shape index (κ2) is 5.06. The van der Waals surface area contributed by atoms with Crippen LogP contribution >= 0.6 is 0 Å². The molecule has 1 aliphatic carbocycles. The highest BCUT2D eigenvalue weighted by Gasteiger charge is 2.16. The summed E-state index contributed by atoms with van der Waals surface area (Å²) in [6.45, 7) is 2.21. The maximum atomic E-state index is 8.24. The van der Waals surface area contributed by atoms with Crippen molar-refractivity contribution < 1.29 is 4.42 Å². The van der Waals surface area contributed by atoms with Gasteiger partial charge >= 0.3 is 0 Å². The van der Waals surface area contributed by atoms with Gasteiger partial charge in [-0.05, 0) is 25.0 Å². The van der Waals surface area contributed by atoms with Gasteiger partial charge in [-0.25, -0.2) is 4.98 Å². The van der Waals surface area contributed by atoms with Gasteiger partial charge < -0.3 is 14.7 Å². The molecule has 0 amide bonds. The fourth-order valence-electron chi connectivity index (χ4n) is 3.62. The van der Waals surface area contributed by atoms with Crippen molar-refractivity contribution in [1.82, 2.24) is 4.98 Å². The molecule has 1 saturated heterocycles. The maximum absolute atomic E-state index is 8.24. The molecule has 0 unspecified atom stereocenters. The molecular formula is C20H17N3O. The molecular weight excluding hydrogens is 298 g/mol. The summed E-state index contributed by atoms with van der Waals surface area (Å²) in [6, 6.07) is 15.9. The quantitative estimate of drug-likeness (QED) is 0.424. The Labute approximate surface area is 139 Å². The second-order valence-corrected chi connectivity index (χ2v) is 6.38. The van der Waals surface area contributed by atoms with E-state index in [2.05, 4.69) is 17.0 Å². The molecule has 2 heterocycles. The number of anilines is 1. The number of nitrogens with zero attached hydrogens (tertiary/aromatic N) is 2. The predicted molar refractivity (Wildman–Crippen MR) is 95.4 cm³/mol. The van der Waals surface area contributed by atoms with Crippen molar-refractivity contribution in [2.24, 2.45) is 0 Å². The van der Waals surface area contributed by atoms with Crippen molar-refractivity contribution in [3.63, 3.8) is 0 Å². The molecule has 0 saturated carbocycles. The first-order valence-corrected chi connectivity index (χ1v) is 8.35. The Morgan fingerprint density at radius 3 is 2.58 bits per heavy atom. The maximum Gasteiger partial charge on any atom is 0.155 e. The molecule has 1 N–H and O–H groups in total. The normalized spacial score (nSPS) is 14.9. The van der Waals surface area contributed by atoms with E-state index in [0.717, 1.165) is 40.7 Å². The lowest BCUT2D eigenvalue weighted by Gasteiger charge is -2.18. The first kappa shape index (κ1) is 13.5. The van der Waals surface area contributed by atoms with Crippen LogP contribution in [0.2, 0.25) is 0 Å². The molecule has 118 valence electrons. The van der Waals surface area contributed by atoms with Gasteiger partial charge in [-0.15, -0.1) is 0 Å². The Hall–Kier alpha value is -2.88. The molecule has 0 spiro atoms. The van der Waals surface area contributed by atoms with E-state index in [1.165, 1.54) is 18.5 Å². The van der Waals surface area contributed by atoms with Gasteiger partial charge in [0.25, 0.3) is 0 Å². The Kier molecular flexibility index (Phi) is 2.86. The van der Waals surface area contributed by atoms with Crippen LogP contribution in [0.5, 0.6) is 0 Å². The summed E-state index contributed by atoms with van der Waals surface area (Å²) < 4.78 is 6.13. The highest BCUT2D eigenvalue weighted by molar-refractivity contribution is 5.96. The van der Waals surface area contributed by atoms with Gasteiger partial charge in [-0.3, -0.25) is 0 Å². The molecule has 4 heteroatoms. The summed E-state index contributed by atoms with van der Waals surface area (Å²) in [5.74, 6) is 0.671. The molecule has 4 nitrogen and oxygen atoms in total. The Bertz CT molecular complexity index is 1090. The van der Waals surface area contributed by atoms with E-state index in [1.54, 1.807) is 6.07 Å². The van der Waals surface area contributed by atoms with E-state index in [1.807, 2.05) is 30.3 Å². The molecule has 3 aliphatic rings. The number of rotatable bonds is 1. The number of hydrogen-bond donors (Lipinski definition) is 1. The molecule has 2 aromatic carbocycles. The zero-order valence-corrected chi connectivity index (χ0v) is 13.2. The minimum atomic E-state index is 0.471. The fourth-order valence-corrected chi connectivity index (χ4v) is 3.62. The number of aromatic nitrogens is 1. The monoisotopic (exact) mass is 315 g/mol. The summed E-state index contributed by atoms with van der Waals surface area (Å²) in [7, 11) is 0. The zero-order valence-electron chi connectivity index (χ0n) is 13.2. The molecule has 0 radical (unpaired) electrons. The van der Waals surface area contributed by atoms with Crippen LogP contribution in [0.1, 0.15) is 12.8 Å². The van der Waals surface area contributed by atoms with Crippen molar-refractivity contribution in [2.45, 2.75) is 12.8 Å². The Morgan fingerprint density at radius 2 is 1.75 bits per heavy atom. The highest BCUT2D eigenvalue weighted by Crippen LogP contribution is 2.32. The van der Waals surface area contributed by atoms with Gasteiger partial charge in [0, 0.05) is 41.7 Å². The predicted octanol–water partition coefficient (Wildman–Crippen LogP) is 4.17. The summed E-state index contributed by atoms with van der Waals surface area (Å²) >= 11 is 0. The first-order valence-electron chi connectivity index (χ1n) is 8.35. The van der Waals surface area contributed by atoms with Crippen molar-refractivity contribution in [1.29, 1.82) is 5.41 Å². The summed E-state index contributed by atoms with van der Waals surface area (Å²) in [5, 5.41) is 10.6. The lowest BCUT2D eigenvalue weighted by atomic mass is 10.0. The van der Waals surface area contributed by atoms with E-state index in [9.17, 15) is 0 Å². The number of nitrogens with one attached hydrogen (secondary N) is 1. The van der Waals surface area contributed by atoms with Crippen molar-refractivity contribution in [3.05, 3.63) is 53.9 Å². The third-order valence-corrected chi connectivity index (χ3v) is 4.85. The van der Waals surface area contributed by atoms with Crippen LogP contribution in [0.25, 0.3) is 33.3 Å². The standard InChI is InChI=1S/C20H17N3O/c21-16-12-19-20(15-6-2-1-5-14(15)16)22-17-8-7-13(11-18(17)24-19)23-9-3-4-10-23/h1-2,5-8,11-12,21H,3-4,9-10H2. The van der Waals surface area contributed by atoms with Gasteiger partial charge in [0.05, 0.1) is 5.36 Å². The highest BCUT2D eigenvalue weighted by atomic mass is 16.3. The molecule has 5 rings (SSSR count). The molecule has 0 aromatic heterocycles. The topological polar surface area (TPSA) is 53.1 Å². The zero-order chi connectivity index (χ0) is 16.1. The fraction of sp³-hybridized carbons (Fsp3) is 0.200. The minimum Gasteiger partial charge on any atom is -0.453 e. The van der Waals surface area contributed by atoms with Crippen LogP contribution in [0.3, 0.4) is 0 Å². The van der Waals surface area contributed by atoms with Gasteiger partial charge in [-0.1, -0.05) is 24.3 Å². The van der Waals surface area contributed by atoms with E-state index < -0.39 is 0 Å². The molecule has 0 bridgehead atoms. The van der Waals surface area contributed by atoms with Crippen LogP contribution in [-0.2, 0) is 0 Å². The third-order valence-electron chi connectivity index (χ3n) is 4.85. The number of hydrogen-bond acceptors (Lipinski definition) is 4. The third kappa shape index (κ3) is 1.99. The molecule has 1 fully saturated rings. The van der Waals surface area contributed by atoms with E-state index in [4.69, 9.17) is 14.8 Å². The average molecular weight is 315 g/mol. The van der Waals surface area contributed by atoms with Crippen LogP contribution in [0.4, 0.5) is 5.69 Å². The second-order valence-electron chi connectivity index (χ2n) is 6.38. The smallest absolute Gasteiger partial charge is 0.155 e. The van der Waals surface area contributed by atoms with Crippen LogP contribution in [-0.4, -0.2) is 18.1 Å². The van der Waals surface area contributed by atoms with Crippen molar-refractivity contribution >= 4 is 27.6 Å². The van der Waals surface area contributed by atoms with Gasteiger partial charge in [0.15, 0.2) is 11.3 Å². The van der Waals surface area contributed by atoms with Crippen LogP contribution < -0.4 is 10.3 Å². The van der Waals surface area contributed by atoms with Crippen LogP contribution in [0, 0.1) is 5.41 Å². The molecule has 0 atom stereocenters. The van der Waals surface area contributed by atoms with Gasteiger partial charge in [0.2, 0.25) is 0 Å². The average Bonchev–Trinajstić information content (AvgIpc) is 3.15. The SMILES string of the molecule is N=c1cc2oc3cc(N4CCCC4)ccc3nc-2c2ccccc12. The lowest BCUT2D eigenvalue weighted by molar-refractivity contribution is 0.613. The van der Waals surface area contributed by atoms with Crippen molar-refractivity contribution in [2.75, 3.05) is 18.0 Å². The minimum absolute atomic E-state index is 0.471. The largest absolute Gasteiger partial charge is 0.453 e. The summed E-state index contributed by atoms with van der Waals surface area (Å²) in [5.41, 5.74) is 3.65. The van der Waals surface area contributed by atoms with Crippen LogP contribution in [0.15, 0.2) is 52.9 Å². The lowest BCUT2D eigenvalue weighted by Crippen LogP contribution is -2.17. The van der Waals surface area contributed by atoms with E-state index in [0.29, 0.717) is 11.1 Å². The van der Waals surface area contributed by atoms with E-state index >= 15 is 0 Å². The number of fused-ring (bicyclic) bond motifs is 4. The first-order chi connectivity index (χ1) is 11.8. The summed E-state index contributed by atoms with van der Waals surface area (Å²) in [6.07, 6.45) is 2.50. The van der Waals surface area contributed by atoms with E-state index in [-0.39, 0.29) is 0 Å². The molecule has 2 aromatic rings. The summed E-state index contributed by atoms with van der Waals surface area (Å²) in [4.78, 5) is 7.20. The molecule has 24 heavy (non-hydrogen) atoms. The molecule has 2 aliphatic heterocycles. The van der Waals surface area contributed by atoms with Gasteiger partial charge in [0.1, 0.15) is 11.2 Å². The number of benzene rings is 3. The van der Waals surface area contributed by atoms with Gasteiger partial charge in [-0.2, -0.15) is 0 Å².